The molecule has 0 fully saturated rings. The first kappa shape index (κ1) is 14.5. The zero-order valence-electron chi connectivity index (χ0n) is 11.8. The Kier molecular flexibility index (Phi) is 4.06. The molecule has 0 aliphatic heterocycles. The molecule has 1 aromatic heterocycles. The van der Waals surface area contributed by atoms with Crippen LogP contribution in [0, 0.1) is 6.92 Å². The van der Waals surface area contributed by atoms with Crippen molar-refractivity contribution >= 4 is 27.7 Å². The van der Waals surface area contributed by atoms with Gasteiger partial charge in [-0.1, -0.05) is 57.0 Å². The standard InChI is InChI=1S/C17H13BrN2O2/c1-11-5-7-12(8-6-11)15-10-19-22-17(15)20-16(21)13-3-2-4-14(18)9-13/h2-10H,1H3,(H,20,21). The van der Waals surface area contributed by atoms with E-state index in [4.69, 9.17) is 4.52 Å². The van der Waals surface area contributed by atoms with Gasteiger partial charge in [-0.05, 0) is 30.7 Å². The lowest BCUT2D eigenvalue weighted by molar-refractivity contribution is 0.102. The Balaban J connectivity index is 1.86. The third-order valence-corrected chi connectivity index (χ3v) is 3.74. The largest absolute Gasteiger partial charge is 0.338 e. The van der Waals surface area contributed by atoms with Crippen LogP contribution in [0.1, 0.15) is 15.9 Å². The van der Waals surface area contributed by atoms with Crippen molar-refractivity contribution in [2.45, 2.75) is 6.92 Å². The summed E-state index contributed by atoms with van der Waals surface area (Å²) in [7, 11) is 0. The van der Waals surface area contributed by atoms with Crippen LogP contribution < -0.4 is 5.32 Å². The third kappa shape index (κ3) is 3.09. The van der Waals surface area contributed by atoms with Crippen LogP contribution >= 0.6 is 15.9 Å². The molecule has 4 nitrogen and oxygen atoms in total. The second-order valence-corrected chi connectivity index (χ2v) is 5.81. The molecule has 0 spiro atoms. The van der Waals surface area contributed by atoms with Crippen LogP contribution in [0.2, 0.25) is 0 Å². The molecule has 2 aromatic carbocycles. The Morgan fingerprint density at radius 3 is 2.68 bits per heavy atom. The Morgan fingerprint density at radius 1 is 1.18 bits per heavy atom. The van der Waals surface area contributed by atoms with Gasteiger partial charge in [0.1, 0.15) is 0 Å². The highest BCUT2D eigenvalue weighted by Crippen LogP contribution is 2.28. The maximum atomic E-state index is 12.3. The molecule has 110 valence electrons. The van der Waals surface area contributed by atoms with Gasteiger partial charge in [-0.2, -0.15) is 0 Å². The van der Waals surface area contributed by atoms with Crippen LogP contribution in [0.4, 0.5) is 5.88 Å². The fourth-order valence-electron chi connectivity index (χ4n) is 2.07. The predicted molar refractivity (Wildman–Crippen MR) is 88.8 cm³/mol. The molecule has 0 saturated carbocycles. The van der Waals surface area contributed by atoms with Gasteiger partial charge in [0, 0.05) is 10.0 Å². The lowest BCUT2D eigenvalue weighted by Crippen LogP contribution is -2.11. The van der Waals surface area contributed by atoms with Crippen LogP contribution in [0.15, 0.2) is 63.7 Å². The normalized spacial score (nSPS) is 10.5. The molecule has 22 heavy (non-hydrogen) atoms. The zero-order chi connectivity index (χ0) is 15.5. The minimum Gasteiger partial charge on any atom is -0.338 e. The van der Waals surface area contributed by atoms with Gasteiger partial charge >= 0.3 is 0 Å². The highest BCUT2D eigenvalue weighted by Gasteiger charge is 2.14. The van der Waals surface area contributed by atoms with Gasteiger partial charge in [0.15, 0.2) is 0 Å². The zero-order valence-corrected chi connectivity index (χ0v) is 13.4. The van der Waals surface area contributed by atoms with Crippen LogP contribution in [0.25, 0.3) is 11.1 Å². The van der Waals surface area contributed by atoms with Crippen LogP contribution in [0.5, 0.6) is 0 Å². The summed E-state index contributed by atoms with van der Waals surface area (Å²) in [5, 5.41) is 6.54. The fraction of sp³-hybridized carbons (Fsp3) is 0.0588. The molecule has 5 heteroatoms. The lowest BCUT2D eigenvalue weighted by atomic mass is 10.1. The van der Waals surface area contributed by atoms with E-state index in [2.05, 4.69) is 26.4 Å². The molecule has 0 aliphatic carbocycles. The molecule has 1 amide bonds. The average molecular weight is 357 g/mol. The molecule has 0 aliphatic rings. The molecule has 0 unspecified atom stereocenters. The second-order valence-electron chi connectivity index (χ2n) is 4.90. The van der Waals surface area contributed by atoms with Crippen LogP contribution in [-0.2, 0) is 0 Å². The number of carbonyl (C=O) groups excluding carboxylic acids is 1. The van der Waals surface area contributed by atoms with E-state index in [0.29, 0.717) is 11.4 Å². The first-order valence-electron chi connectivity index (χ1n) is 6.72. The number of carbonyl (C=O) groups is 1. The van der Waals surface area contributed by atoms with Crippen LogP contribution in [0.3, 0.4) is 0 Å². The highest BCUT2D eigenvalue weighted by molar-refractivity contribution is 9.10. The van der Waals surface area contributed by atoms with E-state index in [-0.39, 0.29) is 5.91 Å². The van der Waals surface area contributed by atoms with Gasteiger partial charge in [-0.3, -0.25) is 10.1 Å². The first-order chi connectivity index (χ1) is 10.6. The molecule has 0 saturated heterocycles. The quantitative estimate of drug-likeness (QED) is 0.741. The Hall–Kier alpha value is -2.40. The molecule has 0 bridgehead atoms. The van der Waals surface area contributed by atoms with Crippen molar-refractivity contribution in [2.24, 2.45) is 0 Å². The van der Waals surface area contributed by atoms with E-state index in [9.17, 15) is 4.79 Å². The number of rotatable bonds is 3. The summed E-state index contributed by atoms with van der Waals surface area (Å²) < 4.78 is 6.02. The summed E-state index contributed by atoms with van der Waals surface area (Å²) in [6.45, 7) is 2.02. The van der Waals surface area contributed by atoms with Gasteiger partial charge in [0.2, 0.25) is 5.88 Å². The number of hydrogen-bond donors (Lipinski definition) is 1. The van der Waals surface area contributed by atoms with Crippen molar-refractivity contribution in [2.75, 3.05) is 5.32 Å². The smallest absolute Gasteiger partial charge is 0.258 e. The van der Waals surface area contributed by atoms with Gasteiger partial charge in [-0.15, -0.1) is 0 Å². The minimum atomic E-state index is -0.244. The molecule has 3 aromatic rings. The number of nitrogens with one attached hydrogen (secondary N) is 1. The highest BCUT2D eigenvalue weighted by atomic mass is 79.9. The number of nitrogens with zero attached hydrogens (tertiary/aromatic N) is 1. The summed E-state index contributed by atoms with van der Waals surface area (Å²) >= 11 is 3.35. The van der Waals surface area contributed by atoms with Gasteiger partial charge in [0.05, 0.1) is 11.8 Å². The van der Waals surface area contributed by atoms with Crippen molar-refractivity contribution in [1.82, 2.24) is 5.16 Å². The van der Waals surface area contributed by atoms with Gasteiger partial charge in [-0.25, -0.2) is 0 Å². The number of aromatic nitrogens is 1. The second kappa shape index (κ2) is 6.15. The van der Waals surface area contributed by atoms with E-state index < -0.39 is 0 Å². The monoisotopic (exact) mass is 356 g/mol. The minimum absolute atomic E-state index is 0.244. The van der Waals surface area contributed by atoms with Crippen molar-refractivity contribution < 1.29 is 9.32 Å². The molecular formula is C17H13BrN2O2. The Labute approximate surface area is 136 Å². The number of hydrogen-bond acceptors (Lipinski definition) is 3. The first-order valence-corrected chi connectivity index (χ1v) is 7.51. The maximum absolute atomic E-state index is 12.3. The van der Waals surface area contributed by atoms with Crippen molar-refractivity contribution in [3.05, 3.63) is 70.3 Å². The molecule has 1 heterocycles. The van der Waals surface area contributed by atoms with Crippen molar-refractivity contribution in [3.8, 4) is 11.1 Å². The van der Waals surface area contributed by atoms with E-state index in [1.165, 1.54) is 5.56 Å². The third-order valence-electron chi connectivity index (χ3n) is 3.25. The number of halogens is 1. The summed E-state index contributed by atoms with van der Waals surface area (Å²) in [4.78, 5) is 12.3. The Morgan fingerprint density at radius 2 is 1.95 bits per heavy atom. The van der Waals surface area contributed by atoms with Crippen molar-refractivity contribution in [3.63, 3.8) is 0 Å². The molecule has 1 N–H and O–H groups in total. The fourth-order valence-corrected chi connectivity index (χ4v) is 2.47. The predicted octanol–water partition coefficient (Wildman–Crippen LogP) is 4.66. The summed E-state index contributed by atoms with van der Waals surface area (Å²) in [5.74, 6) is 0.0974. The molecular weight excluding hydrogens is 344 g/mol. The molecule has 0 radical (unpaired) electrons. The van der Waals surface area contributed by atoms with E-state index >= 15 is 0 Å². The number of aryl methyl sites for hydroxylation is 1. The van der Waals surface area contributed by atoms with E-state index in [1.54, 1.807) is 24.4 Å². The summed E-state index contributed by atoms with van der Waals surface area (Å²) in [6, 6.07) is 15.1. The topological polar surface area (TPSA) is 55.1 Å². The van der Waals surface area contributed by atoms with Gasteiger partial charge in [0.25, 0.3) is 5.91 Å². The average Bonchev–Trinajstić information content (AvgIpc) is 2.96. The van der Waals surface area contributed by atoms with Crippen molar-refractivity contribution in [1.29, 1.82) is 0 Å². The molecule has 3 rings (SSSR count). The number of amides is 1. The Bertz CT molecular complexity index is 810. The van der Waals surface area contributed by atoms with E-state index in [1.807, 2.05) is 37.3 Å². The SMILES string of the molecule is Cc1ccc(-c2cnoc2NC(=O)c2cccc(Br)c2)cc1. The van der Waals surface area contributed by atoms with Crippen LogP contribution in [-0.4, -0.2) is 11.1 Å². The molecule has 0 atom stereocenters. The lowest BCUT2D eigenvalue weighted by Gasteiger charge is -2.05. The van der Waals surface area contributed by atoms with E-state index in [0.717, 1.165) is 15.6 Å². The maximum Gasteiger partial charge on any atom is 0.258 e. The number of benzene rings is 2. The summed E-state index contributed by atoms with van der Waals surface area (Å²) in [5.41, 5.74) is 3.40. The summed E-state index contributed by atoms with van der Waals surface area (Å²) in [6.07, 6.45) is 1.60. The van der Waals surface area contributed by atoms with Gasteiger partial charge < -0.3 is 4.52 Å². The number of anilines is 1.